The Kier molecular flexibility index (Phi) is 4.84. The Morgan fingerprint density at radius 1 is 1.11 bits per heavy atom. The minimum atomic E-state index is -0.928. The first-order valence-corrected chi connectivity index (χ1v) is 9.30. The smallest absolute Gasteiger partial charge is 0.314 e. The fourth-order valence-electron chi connectivity index (χ4n) is 3.94. The molecule has 2 heterocycles. The first-order chi connectivity index (χ1) is 12.7. The van der Waals surface area contributed by atoms with E-state index in [9.17, 15) is 14.7 Å². The van der Waals surface area contributed by atoms with Crippen molar-refractivity contribution < 1.29 is 14.7 Å². The molecule has 1 saturated heterocycles. The molecule has 0 bridgehead atoms. The monoisotopic (exact) mass is 369 g/mol. The largest absolute Gasteiger partial charge is 0.481 e. The number of hydrogen-bond donors (Lipinski definition) is 1. The van der Waals surface area contributed by atoms with Gasteiger partial charge in [0.2, 0.25) is 0 Å². The van der Waals surface area contributed by atoms with Crippen molar-refractivity contribution in [1.29, 1.82) is 0 Å². The maximum Gasteiger partial charge on any atom is 0.314 e. The summed E-state index contributed by atoms with van der Waals surface area (Å²) in [6, 6.07) is 9.34. The lowest BCUT2D eigenvalue weighted by atomic mass is 9.73. The van der Waals surface area contributed by atoms with Crippen molar-refractivity contribution in [3.63, 3.8) is 0 Å². The molecule has 2 aromatic rings. The average Bonchev–Trinajstić information content (AvgIpc) is 3.03. The van der Waals surface area contributed by atoms with E-state index in [2.05, 4.69) is 5.10 Å². The normalized spacial score (nSPS) is 17.0. The summed E-state index contributed by atoms with van der Waals surface area (Å²) in [5, 5.41) is 14.3. The summed E-state index contributed by atoms with van der Waals surface area (Å²) in [5.74, 6) is -0.896. The first-order valence-electron chi connectivity index (χ1n) is 9.30. The fourth-order valence-corrected chi connectivity index (χ4v) is 3.94. The third-order valence-corrected chi connectivity index (χ3v) is 5.52. The summed E-state index contributed by atoms with van der Waals surface area (Å²) in [6.45, 7) is 8.87. The van der Waals surface area contributed by atoms with E-state index in [0.29, 0.717) is 31.5 Å². The molecule has 1 N–H and O–H groups in total. The number of rotatable bonds is 3. The van der Waals surface area contributed by atoms with Gasteiger partial charge in [-0.3, -0.25) is 14.3 Å². The van der Waals surface area contributed by atoms with Gasteiger partial charge in [-0.25, -0.2) is 0 Å². The molecule has 1 aromatic carbocycles. The van der Waals surface area contributed by atoms with Gasteiger partial charge in [-0.05, 0) is 46.1 Å². The van der Waals surface area contributed by atoms with E-state index in [1.54, 1.807) is 11.1 Å². The summed E-state index contributed by atoms with van der Waals surface area (Å²) in [4.78, 5) is 26.8. The second-order valence-electron chi connectivity index (χ2n) is 8.27. The van der Waals surface area contributed by atoms with Crippen molar-refractivity contribution in [2.45, 2.75) is 51.5 Å². The maximum atomic E-state index is 13.0. The van der Waals surface area contributed by atoms with E-state index < -0.39 is 11.4 Å². The van der Waals surface area contributed by atoms with Crippen LogP contribution in [0.3, 0.4) is 0 Å². The molecule has 27 heavy (non-hydrogen) atoms. The Hall–Kier alpha value is -2.63. The molecule has 0 saturated carbocycles. The topological polar surface area (TPSA) is 75.4 Å². The Labute approximate surface area is 159 Å². The van der Waals surface area contributed by atoms with Crippen molar-refractivity contribution in [2.24, 2.45) is 0 Å². The molecule has 1 aliphatic rings. The highest BCUT2D eigenvalue weighted by atomic mass is 16.4. The summed E-state index contributed by atoms with van der Waals surface area (Å²) in [7, 11) is 0. The highest BCUT2D eigenvalue weighted by Gasteiger charge is 2.44. The number of aromatic nitrogens is 2. The summed E-state index contributed by atoms with van der Waals surface area (Å²) < 4.78 is 1.86. The number of piperidine rings is 1. The van der Waals surface area contributed by atoms with Gasteiger partial charge in [0.1, 0.15) is 0 Å². The highest BCUT2D eigenvalue weighted by Crippen LogP contribution is 2.36. The van der Waals surface area contributed by atoms with Crippen molar-refractivity contribution in [2.75, 3.05) is 13.1 Å². The lowest BCUT2D eigenvalue weighted by molar-refractivity contribution is -0.145. The zero-order chi connectivity index (χ0) is 19.8. The van der Waals surface area contributed by atoms with Crippen molar-refractivity contribution in [3.8, 4) is 0 Å². The molecule has 6 nitrogen and oxygen atoms in total. The minimum Gasteiger partial charge on any atom is -0.481 e. The molecule has 0 aliphatic carbocycles. The van der Waals surface area contributed by atoms with Crippen LogP contribution in [0.5, 0.6) is 0 Å². The van der Waals surface area contributed by atoms with Crippen LogP contribution in [0.15, 0.2) is 36.5 Å². The second kappa shape index (κ2) is 6.83. The minimum absolute atomic E-state index is 0.0740. The molecular weight excluding hydrogens is 342 g/mol. The Balaban J connectivity index is 1.80. The third kappa shape index (κ3) is 3.36. The molecule has 0 atom stereocenters. The number of aliphatic carboxylic acids is 1. The number of carbonyl (C=O) groups is 2. The van der Waals surface area contributed by atoms with Gasteiger partial charge in [0.25, 0.3) is 5.91 Å². The van der Waals surface area contributed by atoms with E-state index >= 15 is 0 Å². The van der Waals surface area contributed by atoms with Crippen LogP contribution in [0.4, 0.5) is 0 Å². The molecule has 0 spiro atoms. The number of likely N-dealkylation sites (tertiary alicyclic amines) is 1. The maximum absolute atomic E-state index is 13.0. The van der Waals surface area contributed by atoms with Gasteiger partial charge in [-0.15, -0.1) is 0 Å². The van der Waals surface area contributed by atoms with E-state index in [1.807, 2.05) is 62.7 Å². The molecule has 1 amide bonds. The Bertz CT molecular complexity index is 841. The number of benzene rings is 1. The predicted octanol–water partition coefficient (Wildman–Crippen LogP) is 3.21. The quantitative estimate of drug-likeness (QED) is 0.901. The number of amides is 1. The van der Waals surface area contributed by atoms with Gasteiger partial charge in [-0.2, -0.15) is 5.10 Å². The zero-order valence-corrected chi connectivity index (χ0v) is 16.4. The molecule has 1 aliphatic heterocycles. The van der Waals surface area contributed by atoms with Crippen LogP contribution in [-0.4, -0.2) is 44.8 Å². The molecule has 1 aromatic heterocycles. The molecule has 6 heteroatoms. The number of hydrogen-bond acceptors (Lipinski definition) is 3. The van der Waals surface area contributed by atoms with E-state index in [1.165, 1.54) is 0 Å². The van der Waals surface area contributed by atoms with Gasteiger partial charge in [0.05, 0.1) is 22.7 Å². The van der Waals surface area contributed by atoms with Crippen LogP contribution in [0.25, 0.3) is 0 Å². The molecule has 0 radical (unpaired) electrons. The molecule has 0 unspecified atom stereocenters. The number of carboxylic acid groups (broad SMARTS) is 1. The average molecular weight is 369 g/mol. The van der Waals surface area contributed by atoms with Gasteiger partial charge in [0, 0.05) is 18.8 Å². The van der Waals surface area contributed by atoms with Crippen LogP contribution in [-0.2, 0) is 15.7 Å². The second-order valence-corrected chi connectivity index (χ2v) is 8.27. The number of carboxylic acids is 1. The van der Waals surface area contributed by atoms with E-state index in [-0.39, 0.29) is 11.4 Å². The standard InChI is InChI=1S/C21H27N3O3/c1-15-17(14-22-24(15)20(2,3)4)18(25)23-12-10-21(11-13-23,19(26)27)16-8-6-5-7-9-16/h5-9,14H,10-13H2,1-4H3,(H,26,27). The van der Waals surface area contributed by atoms with Crippen molar-refractivity contribution in [3.05, 3.63) is 53.3 Å². The summed E-state index contributed by atoms with van der Waals surface area (Å²) in [5.41, 5.74) is 1.11. The lowest BCUT2D eigenvalue weighted by Crippen LogP contribution is -2.49. The summed E-state index contributed by atoms with van der Waals surface area (Å²) >= 11 is 0. The van der Waals surface area contributed by atoms with Gasteiger partial charge in [-0.1, -0.05) is 30.3 Å². The van der Waals surface area contributed by atoms with E-state index in [0.717, 1.165) is 11.3 Å². The number of carbonyl (C=O) groups excluding carboxylic acids is 1. The lowest BCUT2D eigenvalue weighted by Gasteiger charge is -2.39. The van der Waals surface area contributed by atoms with Gasteiger partial charge >= 0.3 is 5.97 Å². The van der Waals surface area contributed by atoms with Crippen molar-refractivity contribution in [1.82, 2.24) is 14.7 Å². The first kappa shape index (κ1) is 19.1. The summed E-state index contributed by atoms with van der Waals surface area (Å²) in [6.07, 6.45) is 2.44. The number of nitrogens with zero attached hydrogens (tertiary/aromatic N) is 3. The van der Waals surface area contributed by atoms with Crippen LogP contribution >= 0.6 is 0 Å². The fraction of sp³-hybridized carbons (Fsp3) is 0.476. The van der Waals surface area contributed by atoms with E-state index in [4.69, 9.17) is 0 Å². The van der Waals surface area contributed by atoms with Gasteiger partial charge < -0.3 is 10.0 Å². The molecule has 3 rings (SSSR count). The van der Waals surface area contributed by atoms with Crippen LogP contribution in [0.2, 0.25) is 0 Å². The van der Waals surface area contributed by atoms with Crippen LogP contribution in [0.1, 0.15) is 55.2 Å². The highest BCUT2D eigenvalue weighted by molar-refractivity contribution is 5.95. The molecular formula is C21H27N3O3. The Morgan fingerprint density at radius 2 is 1.70 bits per heavy atom. The van der Waals surface area contributed by atoms with Gasteiger partial charge in [0.15, 0.2) is 0 Å². The Morgan fingerprint density at radius 3 is 2.19 bits per heavy atom. The molecule has 1 fully saturated rings. The molecule has 144 valence electrons. The van der Waals surface area contributed by atoms with Crippen molar-refractivity contribution >= 4 is 11.9 Å². The zero-order valence-electron chi connectivity index (χ0n) is 16.4. The van der Waals surface area contributed by atoms with Crippen LogP contribution < -0.4 is 0 Å². The SMILES string of the molecule is Cc1c(C(=O)N2CCC(C(=O)O)(c3ccccc3)CC2)cnn1C(C)(C)C. The van der Waals surface area contributed by atoms with Crippen LogP contribution in [0, 0.1) is 6.92 Å². The predicted molar refractivity (Wildman–Crippen MR) is 103 cm³/mol. The third-order valence-electron chi connectivity index (χ3n) is 5.52.